The van der Waals surface area contributed by atoms with Crippen molar-refractivity contribution in [1.29, 1.82) is 5.26 Å². The van der Waals surface area contributed by atoms with Gasteiger partial charge in [0.15, 0.2) is 0 Å². The number of anilines is 1. The molecule has 1 N–H and O–H groups in total. The molecule has 166 valence electrons. The van der Waals surface area contributed by atoms with Crippen LogP contribution in [0.5, 0.6) is 5.75 Å². The molecule has 2 aromatic carbocycles. The highest BCUT2D eigenvalue weighted by atomic mass is 35.5. The number of hydrogen-bond acceptors (Lipinski definition) is 6. The second kappa shape index (κ2) is 8.80. The quantitative estimate of drug-likeness (QED) is 0.631. The second-order valence-corrected chi connectivity index (χ2v) is 7.45. The zero-order valence-corrected chi connectivity index (χ0v) is 17.7. The van der Waals surface area contributed by atoms with Gasteiger partial charge in [0.05, 0.1) is 34.2 Å². The van der Waals surface area contributed by atoms with E-state index in [1.807, 2.05) is 6.07 Å². The molecule has 1 unspecified atom stereocenters. The predicted molar refractivity (Wildman–Crippen MR) is 114 cm³/mol. The van der Waals surface area contributed by atoms with E-state index < -0.39 is 29.5 Å². The van der Waals surface area contributed by atoms with Crippen molar-refractivity contribution in [2.24, 2.45) is 0 Å². The Morgan fingerprint density at radius 1 is 1.30 bits per heavy atom. The minimum atomic E-state index is -1.09. The molecule has 2 heterocycles. The summed E-state index contributed by atoms with van der Waals surface area (Å²) in [5, 5.41) is 11.5. The summed E-state index contributed by atoms with van der Waals surface area (Å²) >= 11 is 6.06. The molecule has 0 bridgehead atoms. The van der Waals surface area contributed by atoms with E-state index in [2.05, 4.69) is 15.3 Å². The molecular weight excluding hydrogens is 456 g/mol. The van der Waals surface area contributed by atoms with Crippen molar-refractivity contribution in [2.45, 2.75) is 6.04 Å². The first-order valence-electron chi connectivity index (χ1n) is 9.52. The average Bonchev–Trinajstić information content (AvgIpc) is 2.91. The first kappa shape index (κ1) is 22.1. The summed E-state index contributed by atoms with van der Waals surface area (Å²) in [5.41, 5.74) is 0.571. The SMILES string of the molecule is CN1C(=O)C(NC(=O)c2ncc(Cl)c(-c3ccc(F)cc3F)n2)COc2cc(C#N)ccc21. The average molecular weight is 470 g/mol. The minimum Gasteiger partial charge on any atom is -0.489 e. The molecule has 33 heavy (non-hydrogen) atoms. The molecule has 8 nitrogen and oxygen atoms in total. The number of rotatable bonds is 3. The number of carbonyl (C=O) groups excluding carboxylic acids is 2. The summed E-state index contributed by atoms with van der Waals surface area (Å²) in [4.78, 5) is 34.8. The van der Waals surface area contributed by atoms with Gasteiger partial charge in [0, 0.05) is 24.7 Å². The standard InChI is InChI=1S/C22H14ClF2N5O3/c1-30-17-5-2-11(8-26)6-18(17)33-10-16(22(30)32)28-21(31)20-27-9-14(23)19(29-20)13-4-3-12(24)7-15(13)25/h2-7,9,16H,10H2,1H3,(H,28,31). The fourth-order valence-corrected chi connectivity index (χ4v) is 3.44. The molecule has 0 aliphatic carbocycles. The molecule has 0 fully saturated rings. The molecule has 0 saturated heterocycles. The van der Waals surface area contributed by atoms with Gasteiger partial charge >= 0.3 is 0 Å². The van der Waals surface area contributed by atoms with E-state index in [1.165, 1.54) is 18.0 Å². The van der Waals surface area contributed by atoms with Crippen molar-refractivity contribution in [1.82, 2.24) is 15.3 Å². The lowest BCUT2D eigenvalue weighted by Crippen LogP contribution is -2.49. The fourth-order valence-electron chi connectivity index (χ4n) is 3.25. The molecule has 1 aromatic heterocycles. The summed E-state index contributed by atoms with van der Waals surface area (Å²) in [7, 11) is 1.51. The first-order chi connectivity index (χ1) is 15.8. The Hall–Kier alpha value is -4.10. The minimum absolute atomic E-state index is 0.0468. The number of hydrogen-bond donors (Lipinski definition) is 1. The van der Waals surface area contributed by atoms with Gasteiger partial charge in [-0.2, -0.15) is 5.26 Å². The van der Waals surface area contributed by atoms with Gasteiger partial charge in [0.1, 0.15) is 30.0 Å². The van der Waals surface area contributed by atoms with Gasteiger partial charge in [-0.3, -0.25) is 9.59 Å². The van der Waals surface area contributed by atoms with Crippen LogP contribution in [-0.4, -0.2) is 41.5 Å². The molecule has 4 rings (SSSR count). The molecule has 0 spiro atoms. The van der Waals surface area contributed by atoms with Crippen molar-refractivity contribution < 1.29 is 23.1 Å². The molecule has 0 radical (unpaired) electrons. The van der Waals surface area contributed by atoms with Gasteiger partial charge in [-0.25, -0.2) is 18.7 Å². The number of benzene rings is 2. The molecule has 1 atom stereocenters. The Morgan fingerprint density at radius 2 is 2.09 bits per heavy atom. The molecular formula is C22H14ClF2N5O3. The maximum atomic E-state index is 14.2. The third kappa shape index (κ3) is 4.31. The Bertz CT molecular complexity index is 1330. The van der Waals surface area contributed by atoms with Gasteiger partial charge in [0.2, 0.25) is 5.82 Å². The van der Waals surface area contributed by atoms with Crippen molar-refractivity contribution >= 4 is 29.1 Å². The number of fused-ring (bicyclic) bond motifs is 1. The monoisotopic (exact) mass is 469 g/mol. The van der Waals surface area contributed by atoms with E-state index in [0.29, 0.717) is 23.1 Å². The van der Waals surface area contributed by atoms with Crippen LogP contribution < -0.4 is 15.0 Å². The zero-order valence-electron chi connectivity index (χ0n) is 17.0. The largest absolute Gasteiger partial charge is 0.489 e. The number of nitrogens with one attached hydrogen (secondary N) is 1. The Balaban J connectivity index is 1.58. The number of likely N-dealkylation sites (N-methyl/N-ethyl adjacent to an activating group) is 1. The topological polar surface area (TPSA) is 108 Å². The zero-order chi connectivity index (χ0) is 23.7. The molecule has 1 aliphatic heterocycles. The van der Waals surface area contributed by atoms with Crippen LogP contribution in [0.1, 0.15) is 16.2 Å². The van der Waals surface area contributed by atoms with Crippen LogP contribution in [0.25, 0.3) is 11.3 Å². The van der Waals surface area contributed by atoms with E-state index in [4.69, 9.17) is 21.6 Å². The lowest BCUT2D eigenvalue weighted by Gasteiger charge is -2.20. The lowest BCUT2D eigenvalue weighted by molar-refractivity contribution is -0.120. The summed E-state index contributed by atoms with van der Waals surface area (Å²) in [5.74, 6) is -3.04. The number of nitriles is 1. The maximum Gasteiger partial charge on any atom is 0.289 e. The second-order valence-electron chi connectivity index (χ2n) is 7.04. The van der Waals surface area contributed by atoms with E-state index in [-0.39, 0.29) is 28.7 Å². The molecule has 0 saturated carbocycles. The Morgan fingerprint density at radius 3 is 2.82 bits per heavy atom. The van der Waals surface area contributed by atoms with Crippen LogP contribution in [0, 0.1) is 23.0 Å². The Labute approximate surface area is 191 Å². The third-order valence-electron chi connectivity index (χ3n) is 4.92. The molecule has 3 aromatic rings. The van der Waals surface area contributed by atoms with Crippen molar-refractivity contribution in [3.05, 3.63) is 70.6 Å². The fraction of sp³-hybridized carbons (Fsp3) is 0.136. The van der Waals surface area contributed by atoms with E-state index >= 15 is 0 Å². The van der Waals surface area contributed by atoms with Gasteiger partial charge in [-0.1, -0.05) is 11.6 Å². The van der Waals surface area contributed by atoms with Crippen LogP contribution in [-0.2, 0) is 4.79 Å². The number of carbonyl (C=O) groups is 2. The summed E-state index contributed by atoms with van der Waals surface area (Å²) in [6.07, 6.45) is 1.11. The predicted octanol–water partition coefficient (Wildman–Crippen LogP) is 3.10. The highest BCUT2D eigenvalue weighted by Gasteiger charge is 2.31. The highest BCUT2D eigenvalue weighted by Crippen LogP contribution is 2.32. The smallest absolute Gasteiger partial charge is 0.289 e. The van der Waals surface area contributed by atoms with Gasteiger partial charge in [-0.05, 0) is 24.3 Å². The van der Waals surface area contributed by atoms with Crippen LogP contribution in [0.4, 0.5) is 14.5 Å². The highest BCUT2D eigenvalue weighted by molar-refractivity contribution is 6.33. The van der Waals surface area contributed by atoms with Gasteiger partial charge < -0.3 is 15.0 Å². The first-order valence-corrected chi connectivity index (χ1v) is 9.89. The van der Waals surface area contributed by atoms with E-state index in [0.717, 1.165) is 18.3 Å². The Kier molecular flexibility index (Phi) is 5.89. The lowest BCUT2D eigenvalue weighted by atomic mass is 10.1. The number of ether oxygens (including phenoxy) is 1. The normalized spacial score (nSPS) is 15.2. The van der Waals surface area contributed by atoms with Crippen LogP contribution in [0.15, 0.2) is 42.6 Å². The molecule has 11 heteroatoms. The van der Waals surface area contributed by atoms with Crippen LogP contribution in [0.3, 0.4) is 0 Å². The van der Waals surface area contributed by atoms with Gasteiger partial charge in [-0.15, -0.1) is 0 Å². The summed E-state index contributed by atoms with van der Waals surface area (Å²) < 4.78 is 33.1. The maximum absolute atomic E-state index is 14.2. The number of halogens is 3. The van der Waals surface area contributed by atoms with Gasteiger partial charge in [0.25, 0.3) is 11.8 Å². The van der Waals surface area contributed by atoms with E-state index in [9.17, 15) is 18.4 Å². The number of aromatic nitrogens is 2. The summed E-state index contributed by atoms with van der Waals surface area (Å²) in [6, 6.07) is 8.35. The molecule has 1 aliphatic rings. The number of nitrogens with zero attached hydrogens (tertiary/aromatic N) is 4. The third-order valence-corrected chi connectivity index (χ3v) is 5.20. The van der Waals surface area contributed by atoms with Crippen molar-refractivity contribution in [3.63, 3.8) is 0 Å². The summed E-state index contributed by atoms with van der Waals surface area (Å²) in [6.45, 7) is -0.205. The molecule has 2 amide bonds. The van der Waals surface area contributed by atoms with E-state index in [1.54, 1.807) is 12.1 Å². The van der Waals surface area contributed by atoms with Crippen molar-refractivity contribution in [2.75, 3.05) is 18.6 Å². The van der Waals surface area contributed by atoms with Crippen molar-refractivity contribution in [3.8, 4) is 23.1 Å². The van der Waals surface area contributed by atoms with Crippen LogP contribution in [0.2, 0.25) is 5.02 Å². The number of amides is 2. The van der Waals surface area contributed by atoms with Crippen LogP contribution >= 0.6 is 11.6 Å².